The lowest BCUT2D eigenvalue weighted by molar-refractivity contribution is 0.0366. The van der Waals surface area contributed by atoms with Gasteiger partial charge in [0.15, 0.2) is 0 Å². The lowest BCUT2D eigenvalue weighted by atomic mass is 9.99. The Balaban J connectivity index is 1.96. The molecular formula is C27H38N4O6S. The predicted molar refractivity (Wildman–Crippen MR) is 146 cm³/mol. The van der Waals surface area contributed by atoms with Gasteiger partial charge >= 0.3 is 6.03 Å². The van der Waals surface area contributed by atoms with E-state index in [9.17, 15) is 23.1 Å². The Morgan fingerprint density at radius 3 is 2.45 bits per heavy atom. The zero-order valence-corrected chi connectivity index (χ0v) is 23.6. The van der Waals surface area contributed by atoms with E-state index in [2.05, 4.69) is 10.0 Å². The van der Waals surface area contributed by atoms with Crippen molar-refractivity contribution in [2.24, 2.45) is 5.92 Å². The molecule has 0 saturated heterocycles. The second-order valence-corrected chi connectivity index (χ2v) is 11.9. The number of carbonyl (C=O) groups excluding carboxylic acids is 2. The van der Waals surface area contributed by atoms with Gasteiger partial charge in [0, 0.05) is 31.2 Å². The predicted octanol–water partition coefficient (Wildman–Crippen LogP) is 3.07. The molecule has 1 aliphatic heterocycles. The van der Waals surface area contributed by atoms with Crippen molar-refractivity contribution in [2.45, 2.75) is 57.7 Å². The third kappa shape index (κ3) is 6.96. The molecule has 0 spiro atoms. The number of hydrogen-bond donors (Lipinski definition) is 3. The molecule has 0 saturated carbocycles. The minimum absolute atomic E-state index is 0.0259. The van der Waals surface area contributed by atoms with E-state index in [0.29, 0.717) is 0 Å². The lowest BCUT2D eigenvalue weighted by Gasteiger charge is -2.38. The monoisotopic (exact) mass is 546 g/mol. The molecule has 208 valence electrons. The first-order chi connectivity index (χ1) is 17.8. The lowest BCUT2D eigenvalue weighted by Crippen LogP contribution is -2.51. The number of hydrogen-bond acceptors (Lipinski definition) is 6. The highest BCUT2D eigenvalue weighted by Crippen LogP contribution is 2.31. The molecule has 3 amide bonds. The van der Waals surface area contributed by atoms with Crippen LogP contribution >= 0.6 is 0 Å². The summed E-state index contributed by atoms with van der Waals surface area (Å²) in [6.45, 7) is 9.59. The number of carbonyl (C=O) groups is 2. The number of aliphatic hydroxyl groups is 1. The second-order valence-electron chi connectivity index (χ2n) is 10.2. The van der Waals surface area contributed by atoms with Gasteiger partial charge in [-0.2, -0.15) is 0 Å². The van der Waals surface area contributed by atoms with E-state index in [-0.39, 0.29) is 65.5 Å². The average Bonchev–Trinajstić information content (AvgIpc) is 2.85. The summed E-state index contributed by atoms with van der Waals surface area (Å²) in [7, 11) is -2.21. The zero-order chi connectivity index (χ0) is 28.2. The van der Waals surface area contributed by atoms with Gasteiger partial charge in [0.25, 0.3) is 15.9 Å². The maximum absolute atomic E-state index is 13.6. The van der Waals surface area contributed by atoms with Crippen LogP contribution in [0.3, 0.4) is 0 Å². The maximum atomic E-state index is 13.6. The Morgan fingerprint density at radius 2 is 1.84 bits per heavy atom. The number of nitrogens with one attached hydrogen (secondary N) is 2. The number of aliphatic hydroxyl groups excluding tert-OH is 1. The van der Waals surface area contributed by atoms with Crippen molar-refractivity contribution in [1.82, 2.24) is 15.1 Å². The van der Waals surface area contributed by atoms with Crippen LogP contribution in [0.25, 0.3) is 0 Å². The highest BCUT2D eigenvalue weighted by atomic mass is 32.2. The summed E-state index contributed by atoms with van der Waals surface area (Å²) in [6.07, 6.45) is -0.465. The van der Waals surface area contributed by atoms with E-state index in [1.165, 1.54) is 29.2 Å². The molecule has 3 rings (SSSR count). The van der Waals surface area contributed by atoms with Gasteiger partial charge in [-0.1, -0.05) is 24.6 Å². The SMILES string of the molecule is Cc1ccc(S(=O)(=O)Nc2ccc3c(c2)C(=O)N([C@@H](C)CO)C[C@H](C)[C@@H](CN(C)C(=O)NC(C)C)O3)cc1. The van der Waals surface area contributed by atoms with E-state index in [0.717, 1.165) is 5.56 Å². The molecule has 3 atom stereocenters. The van der Waals surface area contributed by atoms with Crippen LogP contribution in [0.2, 0.25) is 0 Å². The number of nitrogens with zero attached hydrogens (tertiary/aromatic N) is 2. The third-order valence-corrected chi connectivity index (χ3v) is 7.86. The number of benzene rings is 2. The van der Waals surface area contributed by atoms with Gasteiger partial charge in [-0.15, -0.1) is 0 Å². The fraction of sp³-hybridized carbons (Fsp3) is 0.481. The smallest absolute Gasteiger partial charge is 0.317 e. The molecule has 2 aromatic rings. The minimum Gasteiger partial charge on any atom is -0.487 e. The summed E-state index contributed by atoms with van der Waals surface area (Å²) in [4.78, 5) is 29.3. The molecule has 0 fully saturated rings. The number of likely N-dealkylation sites (N-methyl/N-ethyl adjacent to an activating group) is 1. The molecule has 0 bridgehead atoms. The van der Waals surface area contributed by atoms with Crippen molar-refractivity contribution in [3.8, 4) is 5.75 Å². The summed E-state index contributed by atoms with van der Waals surface area (Å²) in [5.74, 6) is -0.276. The molecule has 38 heavy (non-hydrogen) atoms. The fourth-order valence-electron chi connectivity index (χ4n) is 4.15. The summed E-state index contributed by atoms with van der Waals surface area (Å²) in [6, 6.07) is 10.2. The van der Waals surface area contributed by atoms with Crippen molar-refractivity contribution >= 4 is 27.6 Å². The van der Waals surface area contributed by atoms with Gasteiger partial charge in [-0.05, 0) is 58.0 Å². The molecule has 2 aromatic carbocycles. The molecule has 0 aromatic heterocycles. The minimum atomic E-state index is -3.89. The average molecular weight is 547 g/mol. The van der Waals surface area contributed by atoms with Crippen molar-refractivity contribution in [2.75, 3.05) is 31.5 Å². The van der Waals surface area contributed by atoms with Crippen LogP contribution in [0.1, 0.15) is 43.6 Å². The van der Waals surface area contributed by atoms with Gasteiger partial charge in [-0.25, -0.2) is 13.2 Å². The van der Waals surface area contributed by atoms with Gasteiger partial charge < -0.3 is 25.0 Å². The van der Waals surface area contributed by atoms with Gasteiger partial charge in [-0.3, -0.25) is 9.52 Å². The largest absolute Gasteiger partial charge is 0.487 e. The van der Waals surface area contributed by atoms with E-state index in [4.69, 9.17) is 4.74 Å². The maximum Gasteiger partial charge on any atom is 0.317 e. The van der Waals surface area contributed by atoms with Crippen LogP contribution in [-0.4, -0.2) is 80.2 Å². The van der Waals surface area contributed by atoms with Crippen molar-refractivity contribution in [3.63, 3.8) is 0 Å². The Bertz CT molecular complexity index is 1250. The molecule has 10 nitrogen and oxygen atoms in total. The Hall–Kier alpha value is -3.31. The Labute approximate surface area is 225 Å². The highest BCUT2D eigenvalue weighted by molar-refractivity contribution is 7.92. The molecule has 0 radical (unpaired) electrons. The van der Waals surface area contributed by atoms with E-state index < -0.39 is 22.2 Å². The van der Waals surface area contributed by atoms with Crippen molar-refractivity contribution < 1.29 is 27.9 Å². The molecule has 0 unspecified atom stereocenters. The summed E-state index contributed by atoms with van der Waals surface area (Å²) in [5.41, 5.74) is 1.30. The summed E-state index contributed by atoms with van der Waals surface area (Å²) >= 11 is 0. The van der Waals surface area contributed by atoms with Crippen molar-refractivity contribution in [1.29, 1.82) is 0 Å². The number of fused-ring (bicyclic) bond motifs is 1. The standard InChI is InChI=1S/C27H38N4O6S/c1-17(2)28-27(34)30(6)15-25-19(4)14-31(20(5)16-32)26(33)23-13-21(9-12-24(23)37-25)29-38(35,36)22-10-7-18(3)8-11-22/h7-13,17,19-20,25,29,32H,14-16H2,1-6H3,(H,28,34)/t19-,20-,25+/m0/s1. The van der Waals surface area contributed by atoms with Gasteiger partial charge in [0.05, 0.1) is 29.7 Å². The normalized spacial score (nSPS) is 18.6. The first-order valence-corrected chi connectivity index (χ1v) is 14.1. The van der Waals surface area contributed by atoms with Gasteiger partial charge in [0.1, 0.15) is 11.9 Å². The quantitative estimate of drug-likeness (QED) is 0.467. The molecule has 0 aliphatic carbocycles. The Morgan fingerprint density at radius 1 is 1.18 bits per heavy atom. The van der Waals surface area contributed by atoms with Crippen LogP contribution < -0.4 is 14.8 Å². The molecule has 11 heteroatoms. The second kappa shape index (κ2) is 12.0. The first-order valence-electron chi connectivity index (χ1n) is 12.7. The number of rotatable bonds is 8. The fourth-order valence-corrected chi connectivity index (χ4v) is 5.19. The zero-order valence-electron chi connectivity index (χ0n) is 22.8. The Kier molecular flexibility index (Phi) is 9.26. The molecule has 1 aliphatic rings. The number of aryl methyl sites for hydroxylation is 1. The number of amides is 3. The first kappa shape index (κ1) is 29.2. The molecule has 3 N–H and O–H groups in total. The van der Waals surface area contributed by atoms with E-state index >= 15 is 0 Å². The van der Waals surface area contributed by atoms with Crippen LogP contribution in [0, 0.1) is 12.8 Å². The van der Waals surface area contributed by atoms with Crippen LogP contribution in [0.4, 0.5) is 10.5 Å². The summed E-state index contributed by atoms with van der Waals surface area (Å²) in [5, 5.41) is 12.7. The number of anilines is 1. The van der Waals surface area contributed by atoms with Crippen LogP contribution in [0.15, 0.2) is 47.4 Å². The van der Waals surface area contributed by atoms with E-state index in [1.54, 1.807) is 37.1 Å². The van der Waals surface area contributed by atoms with E-state index in [1.807, 2.05) is 27.7 Å². The summed E-state index contributed by atoms with van der Waals surface area (Å²) < 4.78 is 34.7. The third-order valence-electron chi connectivity index (χ3n) is 6.46. The molecular weight excluding hydrogens is 508 g/mol. The van der Waals surface area contributed by atoms with Crippen LogP contribution in [-0.2, 0) is 10.0 Å². The number of sulfonamides is 1. The highest BCUT2D eigenvalue weighted by Gasteiger charge is 2.34. The number of urea groups is 1. The van der Waals surface area contributed by atoms with Crippen LogP contribution in [0.5, 0.6) is 5.75 Å². The topological polar surface area (TPSA) is 128 Å². The van der Waals surface area contributed by atoms with Crippen molar-refractivity contribution in [3.05, 3.63) is 53.6 Å². The van der Waals surface area contributed by atoms with Gasteiger partial charge in [0.2, 0.25) is 0 Å². The molecule has 1 heterocycles. The number of ether oxygens (including phenoxy) is 1.